The monoisotopic (exact) mass is 251 g/mol. The van der Waals surface area contributed by atoms with E-state index in [2.05, 4.69) is 4.74 Å². The van der Waals surface area contributed by atoms with E-state index in [4.69, 9.17) is 5.11 Å². The minimum Gasteiger partial charge on any atom is -0.465 e. The molecule has 6 heteroatoms. The van der Waals surface area contributed by atoms with E-state index >= 15 is 0 Å². The third-order valence-electron chi connectivity index (χ3n) is 2.45. The summed E-state index contributed by atoms with van der Waals surface area (Å²) < 4.78 is 4.58. The molecule has 6 nitrogen and oxygen atoms in total. The summed E-state index contributed by atoms with van der Waals surface area (Å²) >= 11 is 0. The average molecular weight is 251 g/mol. The van der Waals surface area contributed by atoms with Crippen LogP contribution in [0.2, 0.25) is 0 Å². The minimum absolute atomic E-state index is 0.143. The first kappa shape index (κ1) is 13.9. The van der Waals surface area contributed by atoms with E-state index in [1.54, 1.807) is 6.92 Å². The van der Waals surface area contributed by atoms with Crippen LogP contribution in [-0.2, 0) is 4.74 Å². The first-order valence-electron chi connectivity index (χ1n) is 5.16. The van der Waals surface area contributed by atoms with Gasteiger partial charge in [-0.05, 0) is 18.1 Å². The fraction of sp³-hybridized carbons (Fsp3) is 0.250. The molecule has 18 heavy (non-hydrogen) atoms. The van der Waals surface area contributed by atoms with Crippen molar-refractivity contribution in [1.82, 2.24) is 0 Å². The van der Waals surface area contributed by atoms with Crippen molar-refractivity contribution in [3.05, 3.63) is 45.0 Å². The number of esters is 1. The van der Waals surface area contributed by atoms with E-state index in [1.807, 2.05) is 0 Å². The third kappa shape index (κ3) is 2.92. The number of carbonyl (C=O) groups is 1. The lowest BCUT2D eigenvalue weighted by Crippen LogP contribution is -2.06. The van der Waals surface area contributed by atoms with Crippen molar-refractivity contribution in [3.63, 3.8) is 0 Å². The topological polar surface area (TPSA) is 89.7 Å². The smallest absolute Gasteiger partial charge is 0.338 e. The number of nitro benzene ring substituents is 1. The van der Waals surface area contributed by atoms with Crippen molar-refractivity contribution in [3.8, 4) is 0 Å². The molecular formula is C12H13NO5. The number of aliphatic hydroxyl groups is 1. The Morgan fingerprint density at radius 1 is 1.56 bits per heavy atom. The van der Waals surface area contributed by atoms with Crippen LogP contribution in [0.25, 0.3) is 6.08 Å². The van der Waals surface area contributed by atoms with Crippen molar-refractivity contribution >= 4 is 17.7 Å². The van der Waals surface area contributed by atoms with Gasteiger partial charge in [0.2, 0.25) is 0 Å². The first-order chi connectivity index (χ1) is 8.51. The van der Waals surface area contributed by atoms with E-state index in [0.717, 1.165) is 0 Å². The lowest BCUT2D eigenvalue weighted by Gasteiger charge is -2.07. The van der Waals surface area contributed by atoms with Crippen LogP contribution >= 0.6 is 0 Å². The number of hydrogen-bond acceptors (Lipinski definition) is 5. The summed E-state index contributed by atoms with van der Waals surface area (Å²) in [4.78, 5) is 21.7. The highest BCUT2D eigenvalue weighted by Crippen LogP contribution is 2.24. The second-order valence-electron chi connectivity index (χ2n) is 3.54. The summed E-state index contributed by atoms with van der Waals surface area (Å²) in [7, 11) is 1.21. The fourth-order valence-corrected chi connectivity index (χ4v) is 1.50. The van der Waals surface area contributed by atoms with Gasteiger partial charge in [0.05, 0.1) is 24.2 Å². The molecule has 0 aromatic heterocycles. The summed E-state index contributed by atoms with van der Waals surface area (Å²) in [6.07, 6.45) is 2.96. The van der Waals surface area contributed by atoms with Gasteiger partial charge in [-0.25, -0.2) is 4.79 Å². The Bertz CT molecular complexity index is 507. The van der Waals surface area contributed by atoms with Crippen molar-refractivity contribution in [2.75, 3.05) is 13.7 Å². The van der Waals surface area contributed by atoms with Crippen molar-refractivity contribution in [1.29, 1.82) is 0 Å². The molecule has 0 unspecified atom stereocenters. The number of methoxy groups -OCH3 is 1. The standard InChI is InChI=1S/C12H13NO5/c1-8-9(4-3-5-14)6-10(13(16)17)7-11(8)12(15)18-2/h3-4,6-7,14H,5H2,1-2H3. The number of ether oxygens (including phenoxy) is 1. The molecule has 96 valence electrons. The zero-order valence-corrected chi connectivity index (χ0v) is 10.0. The maximum atomic E-state index is 11.5. The van der Waals surface area contributed by atoms with Crippen molar-refractivity contribution in [2.24, 2.45) is 0 Å². The fourth-order valence-electron chi connectivity index (χ4n) is 1.50. The Hall–Kier alpha value is -2.21. The number of nitro groups is 1. The highest BCUT2D eigenvalue weighted by molar-refractivity contribution is 5.93. The lowest BCUT2D eigenvalue weighted by molar-refractivity contribution is -0.384. The Morgan fingerprint density at radius 2 is 2.22 bits per heavy atom. The number of hydrogen-bond donors (Lipinski definition) is 1. The van der Waals surface area contributed by atoms with Crippen molar-refractivity contribution in [2.45, 2.75) is 6.92 Å². The largest absolute Gasteiger partial charge is 0.465 e. The molecule has 0 bridgehead atoms. The molecule has 0 aliphatic heterocycles. The quantitative estimate of drug-likeness (QED) is 0.499. The maximum Gasteiger partial charge on any atom is 0.338 e. The molecule has 0 amide bonds. The van der Waals surface area contributed by atoms with Gasteiger partial charge in [0, 0.05) is 12.1 Å². The van der Waals surface area contributed by atoms with Crippen LogP contribution in [0.1, 0.15) is 21.5 Å². The molecule has 0 heterocycles. The average Bonchev–Trinajstić information content (AvgIpc) is 2.36. The summed E-state index contributed by atoms with van der Waals surface area (Å²) in [6, 6.07) is 2.52. The molecule has 0 aliphatic rings. The zero-order valence-electron chi connectivity index (χ0n) is 10.0. The van der Waals surface area contributed by atoms with Gasteiger partial charge in [0.25, 0.3) is 5.69 Å². The van der Waals surface area contributed by atoms with Gasteiger partial charge in [-0.15, -0.1) is 0 Å². The van der Waals surface area contributed by atoms with E-state index in [1.165, 1.54) is 31.4 Å². The first-order valence-corrected chi connectivity index (χ1v) is 5.16. The van der Waals surface area contributed by atoms with E-state index < -0.39 is 10.9 Å². The number of aliphatic hydroxyl groups excluding tert-OH is 1. The van der Waals surface area contributed by atoms with E-state index in [0.29, 0.717) is 11.1 Å². The Labute approximate surface area is 104 Å². The van der Waals surface area contributed by atoms with Gasteiger partial charge in [-0.3, -0.25) is 10.1 Å². The van der Waals surface area contributed by atoms with Crippen LogP contribution in [0.3, 0.4) is 0 Å². The van der Waals surface area contributed by atoms with Crippen LogP contribution in [0.5, 0.6) is 0 Å². The molecule has 1 rings (SSSR count). The van der Waals surface area contributed by atoms with Crippen LogP contribution in [-0.4, -0.2) is 29.7 Å². The molecule has 0 fully saturated rings. The molecule has 1 aromatic carbocycles. The summed E-state index contributed by atoms with van der Waals surface area (Å²) in [5.41, 5.74) is 1.01. The van der Waals surface area contributed by atoms with Crippen LogP contribution in [0.4, 0.5) is 5.69 Å². The van der Waals surface area contributed by atoms with Gasteiger partial charge in [-0.2, -0.15) is 0 Å². The second kappa shape index (κ2) is 5.92. The maximum absolute atomic E-state index is 11.5. The highest BCUT2D eigenvalue weighted by Gasteiger charge is 2.17. The van der Waals surface area contributed by atoms with E-state index in [9.17, 15) is 14.9 Å². The van der Waals surface area contributed by atoms with Gasteiger partial charge in [0.1, 0.15) is 0 Å². The molecule has 0 atom stereocenters. The molecule has 1 aromatic rings. The highest BCUT2D eigenvalue weighted by atomic mass is 16.6. The number of rotatable bonds is 4. The molecule has 0 aliphatic carbocycles. The molecule has 0 saturated heterocycles. The van der Waals surface area contributed by atoms with Gasteiger partial charge in [-0.1, -0.05) is 12.2 Å². The van der Waals surface area contributed by atoms with Gasteiger partial charge >= 0.3 is 5.97 Å². The zero-order chi connectivity index (χ0) is 13.7. The lowest BCUT2D eigenvalue weighted by atomic mass is 10.0. The molecule has 0 saturated carbocycles. The molecule has 0 spiro atoms. The number of non-ortho nitro benzene ring substituents is 1. The summed E-state index contributed by atoms with van der Waals surface area (Å²) in [6.45, 7) is 1.47. The second-order valence-corrected chi connectivity index (χ2v) is 3.54. The summed E-state index contributed by atoms with van der Waals surface area (Å²) in [5, 5.41) is 19.5. The Kier molecular flexibility index (Phi) is 4.56. The van der Waals surface area contributed by atoms with Crippen LogP contribution in [0.15, 0.2) is 18.2 Å². The molecule has 1 N–H and O–H groups in total. The van der Waals surface area contributed by atoms with Crippen LogP contribution in [0, 0.1) is 17.0 Å². The third-order valence-corrected chi connectivity index (χ3v) is 2.45. The summed E-state index contributed by atoms with van der Waals surface area (Å²) in [5.74, 6) is -0.630. The SMILES string of the molecule is COC(=O)c1cc([N+](=O)[O-])cc(C=CCO)c1C. The molecule has 0 radical (unpaired) electrons. The van der Waals surface area contributed by atoms with Crippen molar-refractivity contribution < 1.29 is 19.6 Å². The van der Waals surface area contributed by atoms with Crippen LogP contribution < -0.4 is 0 Å². The van der Waals surface area contributed by atoms with Gasteiger partial charge in [0.15, 0.2) is 0 Å². The number of benzene rings is 1. The predicted molar refractivity (Wildman–Crippen MR) is 65.3 cm³/mol. The minimum atomic E-state index is -0.630. The normalized spacial score (nSPS) is 10.6. The number of nitrogens with zero attached hydrogens (tertiary/aromatic N) is 1. The Balaban J connectivity index is 3.42. The molecular weight excluding hydrogens is 238 g/mol. The predicted octanol–water partition coefficient (Wildman–Crippen LogP) is 1.70. The van der Waals surface area contributed by atoms with E-state index in [-0.39, 0.29) is 17.9 Å². The number of carbonyl (C=O) groups excluding carboxylic acids is 1. The van der Waals surface area contributed by atoms with Gasteiger partial charge < -0.3 is 9.84 Å². The Morgan fingerprint density at radius 3 is 2.72 bits per heavy atom.